The second-order valence-corrected chi connectivity index (χ2v) is 6.99. The van der Waals surface area contributed by atoms with Crippen LogP contribution >= 0.6 is 0 Å². The van der Waals surface area contributed by atoms with Crippen molar-refractivity contribution >= 4 is 11.4 Å². The maximum atomic E-state index is 6.51. The average Bonchev–Trinajstić information content (AvgIpc) is 2.65. The maximum absolute atomic E-state index is 6.51. The molecule has 0 radical (unpaired) electrons. The Kier molecular flexibility index (Phi) is 2.41. The van der Waals surface area contributed by atoms with Gasteiger partial charge in [0.2, 0.25) is 0 Å². The molecule has 4 aromatic rings. The van der Waals surface area contributed by atoms with Gasteiger partial charge < -0.3 is 11.5 Å². The van der Waals surface area contributed by atoms with Crippen molar-refractivity contribution in [3.63, 3.8) is 0 Å². The van der Waals surface area contributed by atoms with Crippen molar-refractivity contribution in [1.29, 1.82) is 0 Å². The minimum atomic E-state index is 0.677. The van der Waals surface area contributed by atoms with Crippen LogP contribution in [0.2, 0.25) is 0 Å². The Hall–Kier alpha value is -3.52. The highest BCUT2D eigenvalue weighted by Crippen LogP contribution is 2.57. The van der Waals surface area contributed by atoms with Crippen LogP contribution in [0.3, 0.4) is 0 Å². The number of nitrogen functional groups attached to an aromatic ring is 2. The molecule has 2 heteroatoms. The number of anilines is 2. The maximum Gasteiger partial charge on any atom is 0.0640 e. The molecule has 0 saturated heterocycles. The van der Waals surface area contributed by atoms with Crippen molar-refractivity contribution in [3.8, 4) is 55.6 Å². The third-order valence-corrected chi connectivity index (χ3v) is 5.74. The molecule has 2 aliphatic carbocycles. The molecule has 4 N–H and O–H groups in total. The minimum Gasteiger partial charge on any atom is -0.397 e. The van der Waals surface area contributed by atoms with E-state index in [2.05, 4.69) is 66.7 Å². The molecule has 0 bridgehead atoms. The summed E-state index contributed by atoms with van der Waals surface area (Å²) < 4.78 is 0. The smallest absolute Gasteiger partial charge is 0.0640 e. The Balaban J connectivity index is 1.61. The summed E-state index contributed by atoms with van der Waals surface area (Å²) in [6.45, 7) is 0. The fourth-order valence-electron chi connectivity index (χ4n) is 4.48. The van der Waals surface area contributed by atoms with E-state index in [-0.39, 0.29) is 0 Å². The topological polar surface area (TPSA) is 52.0 Å². The first-order valence-corrected chi connectivity index (χ1v) is 8.80. The lowest BCUT2D eigenvalue weighted by atomic mass is 9.74. The molecular weight excluding hydrogens is 316 g/mol. The Morgan fingerprint density at radius 1 is 0.385 bits per heavy atom. The zero-order valence-electron chi connectivity index (χ0n) is 14.1. The Bertz CT molecular complexity index is 1250. The normalized spacial score (nSPS) is 12.2. The van der Waals surface area contributed by atoms with E-state index in [9.17, 15) is 0 Å². The summed E-state index contributed by atoms with van der Waals surface area (Å²) in [6.07, 6.45) is 0. The van der Waals surface area contributed by atoms with Gasteiger partial charge >= 0.3 is 0 Å². The molecule has 4 aromatic carbocycles. The lowest BCUT2D eigenvalue weighted by Gasteiger charge is -2.30. The van der Waals surface area contributed by atoms with E-state index in [1.54, 1.807) is 0 Å². The van der Waals surface area contributed by atoms with Gasteiger partial charge in [-0.15, -0.1) is 0 Å². The second-order valence-electron chi connectivity index (χ2n) is 6.99. The lowest BCUT2D eigenvalue weighted by Crippen LogP contribution is -2.09. The quantitative estimate of drug-likeness (QED) is 0.373. The summed E-state index contributed by atoms with van der Waals surface area (Å²) in [5.74, 6) is 0. The van der Waals surface area contributed by atoms with Crippen LogP contribution in [0.5, 0.6) is 0 Å². The molecule has 26 heavy (non-hydrogen) atoms. The minimum absolute atomic E-state index is 0.677. The highest BCUT2D eigenvalue weighted by Gasteiger charge is 2.30. The Morgan fingerprint density at radius 2 is 0.885 bits per heavy atom. The average molecular weight is 332 g/mol. The van der Waals surface area contributed by atoms with E-state index in [0.29, 0.717) is 11.4 Å². The van der Waals surface area contributed by atoms with Crippen LogP contribution in [-0.4, -0.2) is 0 Å². The van der Waals surface area contributed by atoms with Crippen LogP contribution in [0.4, 0.5) is 11.4 Å². The zero-order chi connectivity index (χ0) is 17.4. The molecule has 0 fully saturated rings. The highest BCUT2D eigenvalue weighted by molar-refractivity contribution is 6.15. The van der Waals surface area contributed by atoms with Gasteiger partial charge in [-0.05, 0) is 50.6 Å². The van der Waals surface area contributed by atoms with Gasteiger partial charge in [-0.25, -0.2) is 0 Å². The summed E-state index contributed by atoms with van der Waals surface area (Å²) in [4.78, 5) is 0. The molecule has 6 rings (SSSR count). The second kappa shape index (κ2) is 4.55. The van der Waals surface area contributed by atoms with Gasteiger partial charge in [0.25, 0.3) is 0 Å². The number of benzene rings is 4. The zero-order valence-corrected chi connectivity index (χ0v) is 14.1. The molecule has 0 amide bonds. The van der Waals surface area contributed by atoms with Crippen LogP contribution in [-0.2, 0) is 0 Å². The number of hydrogen-bond donors (Lipinski definition) is 2. The van der Waals surface area contributed by atoms with E-state index in [1.807, 2.05) is 6.07 Å². The van der Waals surface area contributed by atoms with Crippen molar-refractivity contribution in [3.05, 3.63) is 72.8 Å². The highest BCUT2D eigenvalue weighted by atomic mass is 14.7. The Morgan fingerprint density at radius 3 is 1.58 bits per heavy atom. The summed E-state index contributed by atoms with van der Waals surface area (Å²) in [5.41, 5.74) is 26.5. The first-order chi connectivity index (χ1) is 12.8. The molecule has 0 atom stereocenters. The standard InChI is InChI=1S/C24H16N2/c25-23-20(12-19-14-7-2-4-9-17(14)22(19)24(23)26)18-11-5-10-16-13-6-1-3-8-15(13)21(16)18/h1-12H,25-26H2. The van der Waals surface area contributed by atoms with Crippen molar-refractivity contribution in [2.24, 2.45) is 0 Å². The summed E-state index contributed by atoms with van der Waals surface area (Å²) >= 11 is 0. The van der Waals surface area contributed by atoms with Crippen LogP contribution in [0.15, 0.2) is 72.8 Å². The molecular formula is C24H16N2. The van der Waals surface area contributed by atoms with Gasteiger partial charge in [-0.1, -0.05) is 66.7 Å². The molecule has 2 nitrogen and oxygen atoms in total. The molecule has 0 heterocycles. The van der Waals surface area contributed by atoms with Gasteiger partial charge in [0.1, 0.15) is 0 Å². The third kappa shape index (κ3) is 1.48. The number of rotatable bonds is 1. The molecule has 122 valence electrons. The number of fused-ring (bicyclic) bond motifs is 8. The molecule has 0 unspecified atom stereocenters. The van der Waals surface area contributed by atoms with Crippen LogP contribution in [0, 0.1) is 0 Å². The van der Waals surface area contributed by atoms with Gasteiger partial charge in [0, 0.05) is 11.1 Å². The molecule has 2 aliphatic rings. The number of nitrogens with two attached hydrogens (primary N) is 2. The van der Waals surface area contributed by atoms with Crippen molar-refractivity contribution in [2.45, 2.75) is 0 Å². The van der Waals surface area contributed by atoms with E-state index in [1.165, 1.54) is 38.9 Å². The summed E-state index contributed by atoms with van der Waals surface area (Å²) in [5, 5.41) is 0. The summed E-state index contributed by atoms with van der Waals surface area (Å²) in [6, 6.07) is 25.5. The van der Waals surface area contributed by atoms with E-state index in [0.717, 1.165) is 16.7 Å². The predicted molar refractivity (Wildman–Crippen MR) is 110 cm³/mol. The first-order valence-electron chi connectivity index (χ1n) is 8.80. The van der Waals surface area contributed by atoms with Crippen molar-refractivity contribution in [2.75, 3.05) is 11.5 Å². The van der Waals surface area contributed by atoms with Gasteiger partial charge in [0.05, 0.1) is 11.4 Å². The third-order valence-electron chi connectivity index (χ3n) is 5.74. The van der Waals surface area contributed by atoms with Crippen LogP contribution in [0.25, 0.3) is 55.6 Å². The monoisotopic (exact) mass is 332 g/mol. The molecule has 0 aromatic heterocycles. The molecule has 0 saturated carbocycles. The van der Waals surface area contributed by atoms with E-state index < -0.39 is 0 Å². The Labute approximate surface area is 151 Å². The molecule has 0 aliphatic heterocycles. The van der Waals surface area contributed by atoms with Gasteiger partial charge in [-0.2, -0.15) is 0 Å². The predicted octanol–water partition coefficient (Wildman–Crippen LogP) is 5.81. The lowest BCUT2D eigenvalue weighted by molar-refractivity contribution is 1.48. The van der Waals surface area contributed by atoms with Gasteiger partial charge in [0.15, 0.2) is 0 Å². The van der Waals surface area contributed by atoms with E-state index >= 15 is 0 Å². The van der Waals surface area contributed by atoms with Gasteiger partial charge in [-0.3, -0.25) is 0 Å². The SMILES string of the molecule is Nc1c(-c2cccc3c2-c2ccccc2-3)cc2c(c1N)-c1ccccc1-2. The van der Waals surface area contributed by atoms with Crippen molar-refractivity contribution < 1.29 is 0 Å². The fraction of sp³-hybridized carbons (Fsp3) is 0. The first kappa shape index (κ1) is 13.7. The van der Waals surface area contributed by atoms with E-state index in [4.69, 9.17) is 11.5 Å². The number of hydrogen-bond acceptors (Lipinski definition) is 2. The largest absolute Gasteiger partial charge is 0.397 e. The van der Waals surface area contributed by atoms with Crippen molar-refractivity contribution in [1.82, 2.24) is 0 Å². The van der Waals surface area contributed by atoms with Crippen LogP contribution in [0.1, 0.15) is 0 Å². The fourth-order valence-corrected chi connectivity index (χ4v) is 4.48. The summed E-state index contributed by atoms with van der Waals surface area (Å²) in [7, 11) is 0. The van der Waals surface area contributed by atoms with Crippen LogP contribution < -0.4 is 11.5 Å². The molecule has 0 spiro atoms.